The Morgan fingerprint density at radius 1 is 1.12 bits per heavy atom. The molecule has 4 rings (SSSR count). The number of nitrogens with zero attached hydrogens (tertiary/aromatic N) is 1. The summed E-state index contributed by atoms with van der Waals surface area (Å²) in [4.78, 5) is 27.2. The van der Waals surface area contributed by atoms with Crippen LogP contribution in [0.2, 0.25) is 0 Å². The number of carbonyl (C=O) groups excluding carboxylic acids is 2. The molecule has 7 nitrogen and oxygen atoms in total. The second kappa shape index (κ2) is 8.92. The topological polar surface area (TPSA) is 93.9 Å². The lowest BCUT2D eigenvalue weighted by Gasteiger charge is -2.16. The van der Waals surface area contributed by atoms with Crippen molar-refractivity contribution in [2.24, 2.45) is 0 Å². The standard InChI is InChI=1S/C24H22BrN3O4/c1-31-20-11-16-17(21(25)22(20)32-2)13-28(24(16)30)12-14-7-9-15(10-8-14)23(29)27-19-6-4-3-5-18(19)26/h3-11H,12-13,26H2,1-2H3,(H,27,29). The number of benzene rings is 3. The van der Waals surface area contributed by atoms with Crippen molar-refractivity contribution in [3.05, 3.63) is 81.3 Å². The Morgan fingerprint density at radius 3 is 2.50 bits per heavy atom. The van der Waals surface area contributed by atoms with Crippen LogP contribution in [0.25, 0.3) is 0 Å². The molecule has 0 saturated heterocycles. The molecule has 3 aromatic rings. The van der Waals surface area contributed by atoms with Gasteiger partial charge in [-0.3, -0.25) is 9.59 Å². The summed E-state index contributed by atoms with van der Waals surface area (Å²) in [5.41, 5.74) is 9.83. The van der Waals surface area contributed by atoms with Crippen LogP contribution in [-0.4, -0.2) is 30.9 Å². The van der Waals surface area contributed by atoms with E-state index in [4.69, 9.17) is 15.2 Å². The van der Waals surface area contributed by atoms with Gasteiger partial charge in [0.05, 0.1) is 30.1 Å². The summed E-state index contributed by atoms with van der Waals surface area (Å²) in [6.45, 7) is 0.864. The molecule has 1 heterocycles. The fourth-order valence-electron chi connectivity index (χ4n) is 3.68. The number of rotatable bonds is 6. The summed E-state index contributed by atoms with van der Waals surface area (Å²) >= 11 is 3.54. The summed E-state index contributed by atoms with van der Waals surface area (Å²) in [7, 11) is 3.10. The van der Waals surface area contributed by atoms with Gasteiger partial charge in [-0.2, -0.15) is 0 Å². The number of para-hydroxylation sites is 2. The lowest BCUT2D eigenvalue weighted by Crippen LogP contribution is -2.23. The zero-order valence-electron chi connectivity index (χ0n) is 17.6. The highest BCUT2D eigenvalue weighted by Gasteiger charge is 2.32. The van der Waals surface area contributed by atoms with Gasteiger partial charge < -0.3 is 25.4 Å². The Morgan fingerprint density at radius 2 is 1.84 bits per heavy atom. The molecule has 8 heteroatoms. The molecule has 1 aliphatic rings. The fourth-order valence-corrected chi connectivity index (χ4v) is 4.38. The van der Waals surface area contributed by atoms with E-state index in [1.165, 1.54) is 7.11 Å². The third-order valence-corrected chi connectivity index (χ3v) is 6.22. The average Bonchev–Trinajstić information content (AvgIpc) is 3.11. The lowest BCUT2D eigenvalue weighted by atomic mass is 10.1. The number of hydrogen-bond acceptors (Lipinski definition) is 5. The number of amides is 2. The molecule has 0 unspecified atom stereocenters. The molecular weight excluding hydrogens is 474 g/mol. The molecule has 3 aromatic carbocycles. The van der Waals surface area contributed by atoms with E-state index in [0.29, 0.717) is 47.1 Å². The van der Waals surface area contributed by atoms with Crippen LogP contribution in [0, 0.1) is 0 Å². The third-order valence-electron chi connectivity index (χ3n) is 5.38. The molecule has 0 saturated carbocycles. The number of fused-ring (bicyclic) bond motifs is 1. The zero-order valence-corrected chi connectivity index (χ0v) is 19.2. The Hall–Kier alpha value is -3.52. The number of anilines is 2. The van der Waals surface area contributed by atoms with Crippen molar-refractivity contribution in [1.29, 1.82) is 0 Å². The monoisotopic (exact) mass is 495 g/mol. The number of nitrogens with two attached hydrogens (primary N) is 1. The normalized spacial score (nSPS) is 12.5. The van der Waals surface area contributed by atoms with Gasteiger partial charge in [-0.25, -0.2) is 0 Å². The van der Waals surface area contributed by atoms with Gasteiger partial charge in [-0.15, -0.1) is 0 Å². The number of ether oxygens (including phenoxy) is 2. The maximum atomic E-state index is 13.0. The summed E-state index contributed by atoms with van der Waals surface area (Å²) in [5.74, 6) is 0.739. The number of nitrogens with one attached hydrogen (secondary N) is 1. The average molecular weight is 496 g/mol. The number of hydrogen-bond donors (Lipinski definition) is 2. The number of carbonyl (C=O) groups is 2. The molecule has 0 spiro atoms. The van der Waals surface area contributed by atoms with Gasteiger partial charge in [0.25, 0.3) is 11.8 Å². The molecular formula is C24H22BrN3O4. The van der Waals surface area contributed by atoms with E-state index in [-0.39, 0.29) is 11.8 Å². The smallest absolute Gasteiger partial charge is 0.255 e. The molecule has 32 heavy (non-hydrogen) atoms. The van der Waals surface area contributed by atoms with Crippen molar-refractivity contribution in [1.82, 2.24) is 4.90 Å². The van der Waals surface area contributed by atoms with Gasteiger partial charge in [0.1, 0.15) is 0 Å². The molecule has 3 N–H and O–H groups in total. The van der Waals surface area contributed by atoms with E-state index in [1.54, 1.807) is 42.3 Å². The largest absolute Gasteiger partial charge is 0.493 e. The second-order valence-corrected chi connectivity index (χ2v) is 8.14. The van der Waals surface area contributed by atoms with Gasteiger partial charge in [0, 0.05) is 29.8 Å². The summed E-state index contributed by atoms with van der Waals surface area (Å²) < 4.78 is 11.5. The summed E-state index contributed by atoms with van der Waals surface area (Å²) in [6.07, 6.45) is 0. The third kappa shape index (κ3) is 4.01. The van der Waals surface area contributed by atoms with E-state index in [1.807, 2.05) is 24.3 Å². The van der Waals surface area contributed by atoms with Crippen LogP contribution < -0.4 is 20.5 Å². The molecule has 0 fully saturated rings. The maximum Gasteiger partial charge on any atom is 0.255 e. The first-order valence-electron chi connectivity index (χ1n) is 9.90. The number of nitrogen functional groups attached to an aromatic ring is 1. The summed E-state index contributed by atoms with van der Waals surface area (Å²) in [5, 5.41) is 2.81. The van der Waals surface area contributed by atoms with E-state index in [2.05, 4.69) is 21.2 Å². The van der Waals surface area contributed by atoms with Crippen LogP contribution >= 0.6 is 15.9 Å². The number of methoxy groups -OCH3 is 2. The van der Waals surface area contributed by atoms with Crippen LogP contribution in [-0.2, 0) is 13.1 Å². The van der Waals surface area contributed by atoms with Crippen molar-refractivity contribution in [2.75, 3.05) is 25.3 Å². The van der Waals surface area contributed by atoms with Crippen molar-refractivity contribution in [3.8, 4) is 11.5 Å². The van der Waals surface area contributed by atoms with Gasteiger partial charge in [0.15, 0.2) is 11.5 Å². The molecule has 0 radical (unpaired) electrons. The molecule has 164 valence electrons. The Kier molecular flexibility index (Phi) is 6.05. The van der Waals surface area contributed by atoms with Gasteiger partial charge in [-0.05, 0) is 51.8 Å². The van der Waals surface area contributed by atoms with Crippen LogP contribution in [0.15, 0.2) is 59.1 Å². The SMILES string of the molecule is COc1cc2c(c(Br)c1OC)CN(Cc1ccc(C(=O)Nc3ccccc3N)cc1)C2=O. The zero-order chi connectivity index (χ0) is 22.8. The highest BCUT2D eigenvalue weighted by Crippen LogP contribution is 2.43. The van der Waals surface area contributed by atoms with Gasteiger partial charge in [0.2, 0.25) is 0 Å². The molecule has 0 atom stereocenters. The van der Waals surface area contributed by atoms with Gasteiger partial charge in [-0.1, -0.05) is 24.3 Å². The first kappa shape index (κ1) is 21.7. The Bertz CT molecular complexity index is 1190. The van der Waals surface area contributed by atoms with E-state index >= 15 is 0 Å². The molecule has 2 amide bonds. The van der Waals surface area contributed by atoms with Crippen molar-refractivity contribution >= 4 is 39.1 Å². The van der Waals surface area contributed by atoms with Crippen molar-refractivity contribution in [2.45, 2.75) is 13.1 Å². The Labute approximate surface area is 194 Å². The predicted octanol–water partition coefficient (Wildman–Crippen LogP) is 4.46. The van der Waals surface area contributed by atoms with E-state index < -0.39 is 0 Å². The molecule has 1 aliphatic heterocycles. The first-order valence-corrected chi connectivity index (χ1v) is 10.7. The van der Waals surface area contributed by atoms with Crippen molar-refractivity contribution < 1.29 is 19.1 Å². The Balaban J connectivity index is 1.48. The highest BCUT2D eigenvalue weighted by molar-refractivity contribution is 9.10. The van der Waals surface area contributed by atoms with Crippen LogP contribution in [0.1, 0.15) is 31.8 Å². The van der Waals surface area contributed by atoms with Crippen LogP contribution in [0.5, 0.6) is 11.5 Å². The number of halogens is 1. The second-order valence-electron chi connectivity index (χ2n) is 7.35. The molecule has 0 aliphatic carbocycles. The summed E-state index contributed by atoms with van der Waals surface area (Å²) in [6, 6.07) is 16.0. The quantitative estimate of drug-likeness (QED) is 0.492. The maximum absolute atomic E-state index is 13.0. The lowest BCUT2D eigenvalue weighted by molar-refractivity contribution is 0.0766. The van der Waals surface area contributed by atoms with Gasteiger partial charge >= 0.3 is 0 Å². The minimum Gasteiger partial charge on any atom is -0.493 e. The fraction of sp³-hybridized carbons (Fsp3) is 0.167. The van der Waals surface area contributed by atoms with E-state index in [0.717, 1.165) is 15.6 Å². The molecule has 0 aromatic heterocycles. The first-order chi connectivity index (χ1) is 15.4. The minimum atomic E-state index is -0.248. The predicted molar refractivity (Wildman–Crippen MR) is 126 cm³/mol. The van der Waals surface area contributed by atoms with Crippen molar-refractivity contribution in [3.63, 3.8) is 0 Å². The molecule has 0 bridgehead atoms. The highest BCUT2D eigenvalue weighted by atomic mass is 79.9. The minimum absolute atomic E-state index is 0.0805. The van der Waals surface area contributed by atoms with Crippen LogP contribution in [0.3, 0.4) is 0 Å². The van der Waals surface area contributed by atoms with Crippen LogP contribution in [0.4, 0.5) is 11.4 Å². The van der Waals surface area contributed by atoms with E-state index in [9.17, 15) is 9.59 Å².